The zero-order valence-corrected chi connectivity index (χ0v) is 13.2. The van der Waals surface area contributed by atoms with Crippen molar-refractivity contribution in [3.8, 4) is 0 Å². The van der Waals surface area contributed by atoms with E-state index in [1.165, 1.54) is 16.8 Å². The quantitative estimate of drug-likeness (QED) is 0.806. The summed E-state index contributed by atoms with van der Waals surface area (Å²) in [5.41, 5.74) is 0.818. The number of hydrogen-bond donors (Lipinski definition) is 0. The van der Waals surface area contributed by atoms with E-state index in [-0.39, 0.29) is 11.6 Å². The van der Waals surface area contributed by atoms with Gasteiger partial charge in [-0.3, -0.25) is 0 Å². The molecule has 0 N–H and O–H groups in total. The summed E-state index contributed by atoms with van der Waals surface area (Å²) in [5.74, 6) is 0.501. The molecule has 1 unspecified atom stereocenters. The molecule has 118 valence electrons. The van der Waals surface area contributed by atoms with Crippen molar-refractivity contribution < 1.29 is 13.2 Å². The molecule has 0 spiro atoms. The predicted octanol–water partition coefficient (Wildman–Crippen LogP) is 0.281. The molecule has 9 heteroatoms. The molecule has 2 aromatic heterocycles. The normalized spacial score (nSPS) is 20.2. The third-order valence-electron chi connectivity index (χ3n) is 3.42. The van der Waals surface area contributed by atoms with Crippen LogP contribution in [0, 0.1) is 6.92 Å². The number of aryl methyl sites for hydroxylation is 2. The van der Waals surface area contributed by atoms with E-state index < -0.39 is 16.1 Å². The minimum Gasteiger partial charge on any atom is -0.367 e. The lowest BCUT2D eigenvalue weighted by atomic mass is 10.3. The van der Waals surface area contributed by atoms with Crippen LogP contribution in [0.4, 0.5) is 0 Å². The number of hydrogen-bond acceptors (Lipinski definition) is 6. The number of nitrogens with zero attached hydrogens (tertiary/aromatic N) is 5. The highest BCUT2D eigenvalue weighted by Crippen LogP contribution is 2.23. The van der Waals surface area contributed by atoms with Gasteiger partial charge in [0, 0.05) is 38.2 Å². The van der Waals surface area contributed by atoms with E-state index in [1.807, 2.05) is 6.92 Å². The summed E-state index contributed by atoms with van der Waals surface area (Å²) in [4.78, 5) is 12.4. The van der Waals surface area contributed by atoms with E-state index in [0.29, 0.717) is 19.0 Å². The Bertz CT molecular complexity index is 773. The van der Waals surface area contributed by atoms with Crippen LogP contribution in [0.1, 0.15) is 17.6 Å². The van der Waals surface area contributed by atoms with Gasteiger partial charge in [-0.15, -0.1) is 0 Å². The van der Waals surface area contributed by atoms with Crippen molar-refractivity contribution in [1.29, 1.82) is 0 Å². The molecular weight excluding hydrogens is 306 g/mol. The van der Waals surface area contributed by atoms with Crippen LogP contribution >= 0.6 is 0 Å². The molecule has 0 amide bonds. The van der Waals surface area contributed by atoms with E-state index >= 15 is 0 Å². The zero-order valence-electron chi connectivity index (χ0n) is 12.4. The fourth-order valence-corrected chi connectivity index (χ4v) is 3.67. The molecule has 8 nitrogen and oxygen atoms in total. The van der Waals surface area contributed by atoms with Crippen LogP contribution in [0.3, 0.4) is 0 Å². The van der Waals surface area contributed by atoms with Gasteiger partial charge in [0.2, 0.25) is 0 Å². The van der Waals surface area contributed by atoms with Crippen LogP contribution in [-0.4, -0.2) is 51.9 Å². The molecule has 1 atom stereocenters. The van der Waals surface area contributed by atoms with E-state index in [9.17, 15) is 8.42 Å². The first-order valence-corrected chi connectivity index (χ1v) is 8.30. The standard InChI is InChI=1S/C13H17N5O3S/c1-10-3-4-14-13(16-10)11-7-18(5-6-21-11)22(19,20)12-8-17(2)9-15-12/h3-4,8-9,11H,5-7H2,1-2H3. The van der Waals surface area contributed by atoms with E-state index in [2.05, 4.69) is 15.0 Å². The number of ether oxygens (including phenoxy) is 1. The number of imidazole rings is 1. The van der Waals surface area contributed by atoms with Crippen LogP contribution in [0.2, 0.25) is 0 Å². The minimum atomic E-state index is -3.63. The Labute approximate surface area is 128 Å². The molecule has 0 aromatic carbocycles. The highest BCUT2D eigenvalue weighted by molar-refractivity contribution is 7.89. The first-order chi connectivity index (χ1) is 10.5. The Morgan fingerprint density at radius 1 is 1.36 bits per heavy atom. The van der Waals surface area contributed by atoms with Gasteiger partial charge in [-0.2, -0.15) is 4.31 Å². The summed E-state index contributed by atoms with van der Waals surface area (Å²) in [5, 5.41) is 0.0424. The number of morpholine rings is 1. The van der Waals surface area contributed by atoms with Gasteiger partial charge < -0.3 is 9.30 Å². The molecule has 2 aromatic rings. The van der Waals surface area contributed by atoms with Gasteiger partial charge >= 0.3 is 0 Å². The first-order valence-electron chi connectivity index (χ1n) is 6.86. The molecule has 0 saturated carbocycles. The van der Waals surface area contributed by atoms with Crippen molar-refractivity contribution in [3.05, 3.63) is 36.3 Å². The lowest BCUT2D eigenvalue weighted by Gasteiger charge is -2.30. The van der Waals surface area contributed by atoms with Gasteiger partial charge in [-0.25, -0.2) is 23.4 Å². The minimum absolute atomic E-state index is 0.0424. The fourth-order valence-electron chi connectivity index (χ4n) is 2.28. The Kier molecular flexibility index (Phi) is 3.94. The molecule has 1 aliphatic heterocycles. The smallest absolute Gasteiger partial charge is 0.262 e. The summed E-state index contributed by atoms with van der Waals surface area (Å²) in [7, 11) is -1.90. The van der Waals surface area contributed by atoms with Crippen LogP contribution in [0.5, 0.6) is 0 Å². The van der Waals surface area contributed by atoms with Crippen LogP contribution in [-0.2, 0) is 21.8 Å². The third-order valence-corrected chi connectivity index (χ3v) is 5.17. The molecule has 0 radical (unpaired) electrons. The highest BCUT2D eigenvalue weighted by Gasteiger charge is 2.33. The Hall–Kier alpha value is -1.84. The van der Waals surface area contributed by atoms with Crippen LogP contribution < -0.4 is 0 Å². The first kappa shape index (κ1) is 15.1. The molecule has 3 rings (SSSR count). The summed E-state index contributed by atoms with van der Waals surface area (Å²) in [6.07, 6.45) is 4.14. The van der Waals surface area contributed by atoms with Gasteiger partial charge in [-0.05, 0) is 13.0 Å². The summed E-state index contributed by atoms with van der Waals surface area (Å²) >= 11 is 0. The van der Waals surface area contributed by atoms with Crippen molar-refractivity contribution in [1.82, 2.24) is 23.8 Å². The molecule has 0 aliphatic carbocycles. The number of sulfonamides is 1. The molecule has 1 fully saturated rings. The summed E-state index contributed by atoms with van der Waals surface area (Å²) in [6, 6.07) is 1.79. The molecule has 1 saturated heterocycles. The van der Waals surface area contributed by atoms with Crippen molar-refractivity contribution in [2.45, 2.75) is 18.1 Å². The lowest BCUT2D eigenvalue weighted by molar-refractivity contribution is -0.00767. The van der Waals surface area contributed by atoms with Gasteiger partial charge in [0.15, 0.2) is 10.9 Å². The SMILES string of the molecule is Cc1ccnc(C2CN(S(=O)(=O)c3cn(C)cn3)CCO2)n1. The molecule has 22 heavy (non-hydrogen) atoms. The van der Waals surface area contributed by atoms with Gasteiger partial charge in [0.1, 0.15) is 6.10 Å². The van der Waals surface area contributed by atoms with Crippen LogP contribution in [0.25, 0.3) is 0 Å². The van der Waals surface area contributed by atoms with E-state index in [4.69, 9.17) is 4.74 Å². The molecule has 3 heterocycles. The van der Waals surface area contributed by atoms with Crippen molar-refractivity contribution in [2.75, 3.05) is 19.7 Å². The fraction of sp³-hybridized carbons (Fsp3) is 0.462. The summed E-state index contributed by atoms with van der Waals surface area (Å²) < 4.78 is 33.8. The molecule has 1 aliphatic rings. The highest BCUT2D eigenvalue weighted by atomic mass is 32.2. The van der Waals surface area contributed by atoms with Crippen molar-refractivity contribution in [3.63, 3.8) is 0 Å². The predicted molar refractivity (Wildman–Crippen MR) is 77.4 cm³/mol. The molecule has 0 bridgehead atoms. The average molecular weight is 323 g/mol. The lowest BCUT2D eigenvalue weighted by Crippen LogP contribution is -2.42. The summed E-state index contributed by atoms with van der Waals surface area (Å²) in [6.45, 7) is 2.63. The topological polar surface area (TPSA) is 90.2 Å². The van der Waals surface area contributed by atoms with E-state index in [1.54, 1.807) is 23.9 Å². The maximum atomic E-state index is 12.6. The largest absolute Gasteiger partial charge is 0.367 e. The second-order valence-corrected chi connectivity index (χ2v) is 7.04. The van der Waals surface area contributed by atoms with Crippen LogP contribution in [0.15, 0.2) is 29.8 Å². The third kappa shape index (κ3) is 2.87. The molecular formula is C13H17N5O3S. The average Bonchev–Trinajstić information content (AvgIpc) is 2.95. The number of rotatable bonds is 3. The Balaban J connectivity index is 1.84. The Morgan fingerprint density at radius 2 is 2.18 bits per heavy atom. The monoisotopic (exact) mass is 323 g/mol. The van der Waals surface area contributed by atoms with Crippen molar-refractivity contribution in [2.24, 2.45) is 7.05 Å². The second kappa shape index (κ2) is 5.75. The maximum absolute atomic E-state index is 12.6. The maximum Gasteiger partial charge on any atom is 0.262 e. The zero-order chi connectivity index (χ0) is 15.7. The second-order valence-electron chi connectivity index (χ2n) is 5.16. The Morgan fingerprint density at radius 3 is 2.86 bits per heavy atom. The van der Waals surface area contributed by atoms with E-state index in [0.717, 1.165) is 5.69 Å². The van der Waals surface area contributed by atoms with Crippen molar-refractivity contribution >= 4 is 10.0 Å². The van der Waals surface area contributed by atoms with Gasteiger partial charge in [0.25, 0.3) is 10.0 Å². The van der Waals surface area contributed by atoms with Gasteiger partial charge in [-0.1, -0.05) is 0 Å². The van der Waals surface area contributed by atoms with Gasteiger partial charge in [0.05, 0.1) is 12.9 Å². The number of aromatic nitrogens is 4.